The number of rotatable bonds is 5. The second-order valence-electron chi connectivity index (χ2n) is 11.8. The zero-order chi connectivity index (χ0) is 30.6. The maximum atomic E-state index is 6.72. The van der Waals surface area contributed by atoms with Crippen LogP contribution in [0.4, 0.5) is 17.1 Å². The molecule has 0 N–H and O–H groups in total. The van der Waals surface area contributed by atoms with Gasteiger partial charge in [-0.05, 0) is 78.2 Å². The molecule has 0 bridgehead atoms. The largest absolute Gasteiger partial charge is 0.456 e. The summed E-state index contributed by atoms with van der Waals surface area (Å²) in [7, 11) is 0. The third-order valence-electron chi connectivity index (χ3n) is 8.97. The Kier molecular flexibility index (Phi) is 6.04. The number of hydrogen-bond donors (Lipinski definition) is 0. The molecule has 0 fully saturated rings. The molecule has 2 heterocycles. The lowest BCUT2D eigenvalue weighted by molar-refractivity contribution is 0.663. The fraction of sp³-hybridized carbons (Fsp3) is 0.0233. The van der Waals surface area contributed by atoms with Crippen LogP contribution in [0.3, 0.4) is 0 Å². The first kappa shape index (κ1) is 26.4. The monoisotopic (exact) mass is 591 g/mol. The molecular weight excluding hydrogens is 562 g/mol. The average molecular weight is 592 g/mol. The Morgan fingerprint density at radius 3 is 1.72 bits per heavy atom. The van der Waals surface area contributed by atoms with E-state index in [2.05, 4.69) is 151 Å². The maximum absolute atomic E-state index is 6.72. The molecule has 7 aromatic carbocycles. The minimum Gasteiger partial charge on any atom is -0.456 e. The van der Waals surface area contributed by atoms with E-state index in [4.69, 9.17) is 8.83 Å². The van der Waals surface area contributed by atoms with Gasteiger partial charge in [-0.3, -0.25) is 0 Å². The fourth-order valence-corrected chi connectivity index (χ4v) is 6.66. The molecule has 9 aromatic rings. The molecule has 2 aromatic heterocycles. The SMILES string of the molecule is Cc1ccc(-c2ccc(N(c3ccccc3)c3ccc(-c4cccc5c4oc4c5ccc5oc6ccccc6c54)cc3)cc2)cc1. The van der Waals surface area contributed by atoms with Gasteiger partial charge in [0, 0.05) is 38.8 Å². The van der Waals surface area contributed by atoms with E-state index in [0.29, 0.717) is 0 Å². The van der Waals surface area contributed by atoms with E-state index in [1.807, 2.05) is 18.2 Å². The van der Waals surface area contributed by atoms with Crippen LogP contribution < -0.4 is 4.90 Å². The molecule has 0 unspecified atom stereocenters. The summed E-state index contributed by atoms with van der Waals surface area (Å²) in [6, 6.07) is 55.5. The van der Waals surface area contributed by atoms with Crippen LogP contribution >= 0.6 is 0 Å². The highest BCUT2D eigenvalue weighted by Gasteiger charge is 2.19. The second kappa shape index (κ2) is 10.5. The summed E-state index contributed by atoms with van der Waals surface area (Å²) < 4.78 is 12.9. The first-order valence-electron chi connectivity index (χ1n) is 15.6. The standard InChI is InChI=1S/C43H29NO2/c1-28-14-16-29(17-15-28)30-18-22-33(23-19-30)44(32-8-3-2-4-9-32)34-24-20-31(21-25-34)35-11-7-12-36-37-26-27-40-41(43(37)46-42(35)36)38-10-5-6-13-39(38)45-40/h2-27H,1H3. The molecule has 3 nitrogen and oxygen atoms in total. The Labute approximate surface area is 266 Å². The lowest BCUT2D eigenvalue weighted by Crippen LogP contribution is -2.09. The van der Waals surface area contributed by atoms with Gasteiger partial charge in [0.15, 0.2) is 0 Å². The molecule has 0 spiro atoms. The molecule has 0 radical (unpaired) electrons. The van der Waals surface area contributed by atoms with Crippen molar-refractivity contribution in [1.29, 1.82) is 0 Å². The van der Waals surface area contributed by atoms with Crippen LogP contribution in [0.25, 0.3) is 66.1 Å². The average Bonchev–Trinajstić information content (AvgIpc) is 3.68. The van der Waals surface area contributed by atoms with Gasteiger partial charge in [-0.25, -0.2) is 0 Å². The van der Waals surface area contributed by atoms with Gasteiger partial charge < -0.3 is 13.7 Å². The highest BCUT2D eigenvalue weighted by atomic mass is 16.3. The smallest absolute Gasteiger partial charge is 0.147 e. The highest BCUT2D eigenvalue weighted by Crippen LogP contribution is 2.43. The Balaban J connectivity index is 1.13. The van der Waals surface area contributed by atoms with Crippen molar-refractivity contribution in [2.45, 2.75) is 6.92 Å². The fourth-order valence-electron chi connectivity index (χ4n) is 6.66. The van der Waals surface area contributed by atoms with Crippen molar-refractivity contribution >= 4 is 60.9 Å². The van der Waals surface area contributed by atoms with Crippen LogP contribution in [-0.4, -0.2) is 0 Å². The minimum absolute atomic E-state index is 0.839. The van der Waals surface area contributed by atoms with Crippen molar-refractivity contribution in [3.63, 3.8) is 0 Å². The molecule has 3 heteroatoms. The Hall–Kier alpha value is -6.06. The molecule has 0 amide bonds. The van der Waals surface area contributed by atoms with Crippen molar-refractivity contribution in [2.24, 2.45) is 0 Å². The second-order valence-corrected chi connectivity index (χ2v) is 11.8. The highest BCUT2D eigenvalue weighted by molar-refractivity contribution is 6.23. The van der Waals surface area contributed by atoms with Gasteiger partial charge in [-0.15, -0.1) is 0 Å². The van der Waals surface area contributed by atoms with E-state index in [0.717, 1.165) is 72.1 Å². The van der Waals surface area contributed by atoms with Crippen molar-refractivity contribution in [1.82, 2.24) is 0 Å². The first-order valence-corrected chi connectivity index (χ1v) is 15.6. The quantitative estimate of drug-likeness (QED) is 0.199. The Morgan fingerprint density at radius 1 is 0.391 bits per heavy atom. The zero-order valence-corrected chi connectivity index (χ0v) is 25.3. The minimum atomic E-state index is 0.839. The number of anilines is 3. The summed E-state index contributed by atoms with van der Waals surface area (Å²) in [6.45, 7) is 2.12. The van der Waals surface area contributed by atoms with E-state index in [1.165, 1.54) is 16.7 Å². The number of para-hydroxylation sites is 3. The normalized spacial score (nSPS) is 11.6. The zero-order valence-electron chi connectivity index (χ0n) is 25.3. The summed E-state index contributed by atoms with van der Waals surface area (Å²) >= 11 is 0. The number of fused-ring (bicyclic) bond motifs is 7. The molecule has 0 aliphatic rings. The van der Waals surface area contributed by atoms with Gasteiger partial charge in [0.25, 0.3) is 0 Å². The van der Waals surface area contributed by atoms with Crippen molar-refractivity contribution in [3.8, 4) is 22.3 Å². The van der Waals surface area contributed by atoms with Crippen LogP contribution in [0.2, 0.25) is 0 Å². The molecule has 0 aliphatic heterocycles. The van der Waals surface area contributed by atoms with Gasteiger partial charge >= 0.3 is 0 Å². The van der Waals surface area contributed by atoms with E-state index in [9.17, 15) is 0 Å². The summed E-state index contributed by atoms with van der Waals surface area (Å²) in [5.41, 5.74) is 12.6. The predicted octanol–water partition coefficient (Wildman–Crippen LogP) is 12.6. The van der Waals surface area contributed by atoms with Gasteiger partial charge in [0.2, 0.25) is 0 Å². The van der Waals surface area contributed by atoms with E-state index in [1.54, 1.807) is 0 Å². The molecule has 9 rings (SSSR count). The number of furan rings is 2. The van der Waals surface area contributed by atoms with Gasteiger partial charge in [-0.1, -0.05) is 109 Å². The molecule has 46 heavy (non-hydrogen) atoms. The van der Waals surface area contributed by atoms with Crippen LogP contribution in [-0.2, 0) is 0 Å². The molecule has 0 aliphatic carbocycles. The van der Waals surface area contributed by atoms with Crippen LogP contribution in [0.5, 0.6) is 0 Å². The Bertz CT molecular complexity index is 2500. The molecule has 0 atom stereocenters. The Morgan fingerprint density at radius 2 is 0.978 bits per heavy atom. The number of hydrogen-bond acceptors (Lipinski definition) is 3. The molecule has 0 saturated carbocycles. The maximum Gasteiger partial charge on any atom is 0.147 e. The predicted molar refractivity (Wildman–Crippen MR) is 191 cm³/mol. The summed E-state index contributed by atoms with van der Waals surface area (Å²) in [5.74, 6) is 0. The third-order valence-corrected chi connectivity index (χ3v) is 8.97. The first-order chi connectivity index (χ1) is 22.7. The van der Waals surface area contributed by atoms with Crippen molar-refractivity contribution in [2.75, 3.05) is 4.90 Å². The number of aryl methyl sites for hydroxylation is 1. The van der Waals surface area contributed by atoms with Crippen molar-refractivity contribution < 1.29 is 8.83 Å². The lowest BCUT2D eigenvalue weighted by atomic mass is 10.0. The molecule has 218 valence electrons. The van der Waals surface area contributed by atoms with E-state index >= 15 is 0 Å². The molecule has 0 saturated heterocycles. The van der Waals surface area contributed by atoms with E-state index < -0.39 is 0 Å². The summed E-state index contributed by atoms with van der Waals surface area (Å²) in [4.78, 5) is 2.30. The van der Waals surface area contributed by atoms with Gasteiger partial charge in [0.1, 0.15) is 22.3 Å². The number of nitrogens with zero attached hydrogens (tertiary/aromatic N) is 1. The third kappa shape index (κ3) is 4.28. The summed E-state index contributed by atoms with van der Waals surface area (Å²) in [5, 5.41) is 4.29. The van der Waals surface area contributed by atoms with Gasteiger partial charge in [0.05, 0.1) is 5.39 Å². The van der Waals surface area contributed by atoms with E-state index in [-0.39, 0.29) is 0 Å². The van der Waals surface area contributed by atoms with Crippen LogP contribution in [0, 0.1) is 6.92 Å². The van der Waals surface area contributed by atoms with Crippen LogP contribution in [0.15, 0.2) is 167 Å². The van der Waals surface area contributed by atoms with Gasteiger partial charge in [-0.2, -0.15) is 0 Å². The number of benzene rings is 7. The summed E-state index contributed by atoms with van der Waals surface area (Å²) in [6.07, 6.45) is 0. The van der Waals surface area contributed by atoms with Crippen molar-refractivity contribution in [3.05, 3.63) is 163 Å². The topological polar surface area (TPSA) is 29.5 Å². The lowest BCUT2D eigenvalue weighted by Gasteiger charge is -2.26. The van der Waals surface area contributed by atoms with Crippen LogP contribution in [0.1, 0.15) is 5.56 Å². The molecular formula is C43H29NO2.